The Morgan fingerprint density at radius 1 is 0.944 bits per heavy atom. The Kier molecular flexibility index (Phi) is 5.27. The van der Waals surface area contributed by atoms with Gasteiger partial charge in [-0.15, -0.1) is 8.78 Å². The summed E-state index contributed by atoms with van der Waals surface area (Å²) in [6.07, 6.45) is -7.76. The van der Waals surface area contributed by atoms with Gasteiger partial charge in [-0.05, 0) is 49.1 Å². The topological polar surface area (TPSA) is 77.5 Å². The van der Waals surface area contributed by atoms with Crippen LogP contribution in [0.15, 0.2) is 54.6 Å². The number of Topliss-reactive ketones (excluding diaryl/α,β-unsaturated/α-hetero) is 1. The van der Waals surface area contributed by atoms with Crippen molar-refractivity contribution in [2.45, 2.75) is 37.7 Å². The van der Waals surface area contributed by atoms with Crippen molar-refractivity contribution in [1.29, 1.82) is 0 Å². The monoisotopic (exact) mass is 504 g/mol. The van der Waals surface area contributed by atoms with E-state index in [0.29, 0.717) is 35.2 Å². The molecule has 1 fully saturated rings. The van der Waals surface area contributed by atoms with Gasteiger partial charge < -0.3 is 14.8 Å². The molecule has 0 saturated heterocycles. The smallest absolute Gasteiger partial charge is 0.395 e. The highest BCUT2D eigenvalue weighted by atomic mass is 19.4. The lowest BCUT2D eigenvalue weighted by Gasteiger charge is -2.17. The van der Waals surface area contributed by atoms with Crippen LogP contribution in [0.5, 0.6) is 11.5 Å². The molecule has 0 unspecified atom stereocenters. The molecule has 0 radical (unpaired) electrons. The Morgan fingerprint density at radius 2 is 1.61 bits per heavy atom. The Balaban J connectivity index is 1.36. The van der Waals surface area contributed by atoms with Crippen molar-refractivity contribution in [2.24, 2.45) is 0 Å². The zero-order valence-electron chi connectivity index (χ0n) is 18.6. The van der Waals surface area contributed by atoms with E-state index in [-0.39, 0.29) is 23.2 Å². The molecule has 0 atom stereocenters. The highest BCUT2D eigenvalue weighted by Gasteiger charge is 2.53. The second kappa shape index (κ2) is 8.00. The Hall–Kier alpha value is -4.02. The van der Waals surface area contributed by atoms with E-state index in [4.69, 9.17) is 0 Å². The summed E-state index contributed by atoms with van der Waals surface area (Å²) in [6, 6.07) is 12.3. The average molecular weight is 504 g/mol. The van der Waals surface area contributed by atoms with E-state index >= 15 is 0 Å². The normalized spacial score (nSPS) is 16.9. The maximum absolute atomic E-state index is 13.4. The van der Waals surface area contributed by atoms with Crippen LogP contribution in [0.25, 0.3) is 11.3 Å². The van der Waals surface area contributed by atoms with Crippen LogP contribution in [-0.4, -0.2) is 29.1 Å². The molecule has 2 aliphatic rings. The van der Waals surface area contributed by atoms with Gasteiger partial charge in [0, 0.05) is 11.1 Å². The molecule has 1 aromatic heterocycles. The first-order chi connectivity index (χ1) is 16.9. The zero-order valence-corrected chi connectivity index (χ0v) is 18.6. The highest BCUT2D eigenvalue weighted by molar-refractivity contribution is 6.01. The first kappa shape index (κ1) is 23.7. The van der Waals surface area contributed by atoms with Crippen LogP contribution in [-0.2, 0) is 10.2 Å². The molecule has 36 heavy (non-hydrogen) atoms. The maximum Gasteiger partial charge on any atom is 0.586 e. The number of carbonyl (C=O) groups is 2. The third kappa shape index (κ3) is 4.25. The number of nitrogens with zero attached hydrogens (tertiary/aromatic N) is 1. The molecule has 2 aromatic carbocycles. The van der Waals surface area contributed by atoms with E-state index in [0.717, 1.165) is 12.1 Å². The van der Waals surface area contributed by atoms with Gasteiger partial charge in [-0.3, -0.25) is 9.59 Å². The number of hydrogen-bond donors (Lipinski definition) is 1. The minimum absolute atomic E-state index is 0.118. The van der Waals surface area contributed by atoms with Crippen molar-refractivity contribution < 1.29 is 41.0 Å². The van der Waals surface area contributed by atoms with E-state index < -0.39 is 29.2 Å². The number of rotatable bonds is 5. The molecular weight excluding hydrogens is 487 g/mol. The van der Waals surface area contributed by atoms with E-state index in [1.54, 1.807) is 19.1 Å². The summed E-state index contributed by atoms with van der Waals surface area (Å²) in [4.78, 5) is 29.0. The number of benzene rings is 2. The Bertz CT molecular complexity index is 1380. The zero-order chi connectivity index (χ0) is 25.9. The highest BCUT2D eigenvalue weighted by Crippen LogP contribution is 2.52. The third-order valence-electron chi connectivity index (χ3n) is 6.16. The van der Waals surface area contributed by atoms with Gasteiger partial charge in [0.05, 0.1) is 11.1 Å². The van der Waals surface area contributed by atoms with Crippen molar-refractivity contribution in [3.05, 3.63) is 71.3 Å². The molecule has 186 valence electrons. The van der Waals surface area contributed by atoms with Crippen LogP contribution in [0, 0.1) is 6.92 Å². The number of nitrogens with one attached hydrogen (secondary N) is 1. The van der Waals surface area contributed by atoms with Crippen LogP contribution >= 0.6 is 0 Å². The van der Waals surface area contributed by atoms with Gasteiger partial charge in [-0.2, -0.15) is 13.2 Å². The first-order valence-electron chi connectivity index (χ1n) is 10.8. The molecule has 2 heterocycles. The summed E-state index contributed by atoms with van der Waals surface area (Å²) in [5.74, 6) is -2.40. The van der Waals surface area contributed by atoms with Crippen LogP contribution in [0.3, 0.4) is 0 Å². The number of ketones is 1. The summed E-state index contributed by atoms with van der Waals surface area (Å²) >= 11 is 0. The SMILES string of the molecule is Cc1ccc(NC(=O)C2(c3ccc4c(c3)OC(F)(F)O4)CC2)nc1-c1ccc(C(=O)C(F)(F)F)cc1. The molecule has 1 aliphatic carbocycles. The van der Waals surface area contributed by atoms with Crippen molar-refractivity contribution >= 4 is 17.5 Å². The van der Waals surface area contributed by atoms with Crippen molar-refractivity contribution in [2.75, 3.05) is 5.32 Å². The fourth-order valence-electron chi connectivity index (χ4n) is 4.09. The number of alkyl halides is 5. The lowest BCUT2D eigenvalue weighted by atomic mass is 9.94. The number of aryl methyl sites for hydroxylation is 1. The summed E-state index contributed by atoms with van der Waals surface area (Å²) < 4.78 is 73.6. The van der Waals surface area contributed by atoms with Crippen LogP contribution in [0.4, 0.5) is 27.8 Å². The number of hydrogen-bond acceptors (Lipinski definition) is 5. The quantitative estimate of drug-likeness (QED) is 0.351. The predicted molar refractivity (Wildman–Crippen MR) is 117 cm³/mol. The molecule has 0 spiro atoms. The van der Waals surface area contributed by atoms with Gasteiger partial charge in [-0.25, -0.2) is 4.98 Å². The largest absolute Gasteiger partial charge is 0.586 e. The van der Waals surface area contributed by atoms with E-state index in [1.165, 1.54) is 30.3 Å². The Morgan fingerprint density at radius 3 is 2.25 bits per heavy atom. The van der Waals surface area contributed by atoms with E-state index in [2.05, 4.69) is 19.8 Å². The fraction of sp³-hybridized carbons (Fsp3) is 0.240. The van der Waals surface area contributed by atoms with Crippen molar-refractivity contribution in [3.63, 3.8) is 0 Å². The van der Waals surface area contributed by atoms with Gasteiger partial charge in [-0.1, -0.05) is 36.4 Å². The summed E-state index contributed by atoms with van der Waals surface area (Å²) in [5, 5.41) is 2.74. The minimum Gasteiger partial charge on any atom is -0.395 e. The van der Waals surface area contributed by atoms with Crippen LogP contribution in [0.1, 0.15) is 34.3 Å². The second-order valence-electron chi connectivity index (χ2n) is 8.63. The number of pyridine rings is 1. The molecule has 0 bridgehead atoms. The minimum atomic E-state index is -4.97. The molecule has 1 aliphatic heterocycles. The molecule has 6 nitrogen and oxygen atoms in total. The standard InChI is InChI=1S/C25H17F5N2O4/c1-13-2-9-19(31-20(13)14-3-5-15(6-4-14)21(33)24(26,27)28)32-22(34)23(10-11-23)16-7-8-17-18(12-16)36-25(29,30)35-17/h2-9,12H,10-11H2,1H3,(H,31,32,34). The van der Waals surface area contributed by atoms with Gasteiger partial charge >= 0.3 is 12.5 Å². The second-order valence-corrected chi connectivity index (χ2v) is 8.63. The molecule has 5 rings (SSSR count). The van der Waals surface area contributed by atoms with E-state index in [9.17, 15) is 31.5 Å². The van der Waals surface area contributed by atoms with Crippen molar-refractivity contribution in [1.82, 2.24) is 4.98 Å². The Labute approximate surface area is 201 Å². The number of anilines is 1. The fourth-order valence-corrected chi connectivity index (χ4v) is 4.09. The predicted octanol–water partition coefficient (Wildman–Crippen LogP) is 5.79. The number of amides is 1. The third-order valence-corrected chi connectivity index (χ3v) is 6.16. The molecule has 1 saturated carbocycles. The summed E-state index contributed by atoms with van der Waals surface area (Å²) in [6.45, 7) is 1.74. The van der Waals surface area contributed by atoms with Crippen LogP contribution < -0.4 is 14.8 Å². The van der Waals surface area contributed by atoms with E-state index in [1.807, 2.05) is 0 Å². The molecular formula is C25H17F5N2O4. The molecule has 3 aromatic rings. The molecule has 11 heteroatoms. The van der Waals surface area contributed by atoms with Gasteiger partial charge in [0.25, 0.3) is 5.78 Å². The average Bonchev–Trinajstić information content (AvgIpc) is 3.56. The lowest BCUT2D eigenvalue weighted by Crippen LogP contribution is -2.28. The molecule has 1 N–H and O–H groups in total. The first-order valence-corrected chi connectivity index (χ1v) is 10.8. The number of aromatic nitrogens is 1. The molecule has 1 amide bonds. The van der Waals surface area contributed by atoms with Crippen LogP contribution in [0.2, 0.25) is 0 Å². The van der Waals surface area contributed by atoms with Gasteiger partial charge in [0.2, 0.25) is 5.91 Å². The van der Waals surface area contributed by atoms with Crippen molar-refractivity contribution in [3.8, 4) is 22.8 Å². The number of carbonyl (C=O) groups excluding carboxylic acids is 2. The number of ether oxygens (including phenoxy) is 2. The van der Waals surface area contributed by atoms with Gasteiger partial charge in [0.15, 0.2) is 11.5 Å². The number of halogens is 5. The van der Waals surface area contributed by atoms with Gasteiger partial charge in [0.1, 0.15) is 5.82 Å². The summed E-state index contributed by atoms with van der Waals surface area (Å²) in [7, 11) is 0. The summed E-state index contributed by atoms with van der Waals surface area (Å²) in [5.41, 5.74) is 0.625. The lowest BCUT2D eigenvalue weighted by molar-refractivity contribution is -0.286. The maximum atomic E-state index is 13.4. The number of fused-ring (bicyclic) bond motifs is 1.